The predicted octanol–water partition coefficient (Wildman–Crippen LogP) is 4.46. The normalized spacial score (nSPS) is 22.7. The van der Waals surface area contributed by atoms with Gasteiger partial charge in [-0.1, -0.05) is 50.1 Å². The zero-order chi connectivity index (χ0) is 12.0. The van der Waals surface area contributed by atoms with Crippen LogP contribution in [0.25, 0.3) is 16.8 Å². The van der Waals surface area contributed by atoms with Crippen LogP contribution >= 0.6 is 31.9 Å². The number of hydrogen-bond donors (Lipinski definition) is 0. The summed E-state index contributed by atoms with van der Waals surface area (Å²) in [5, 5.41) is 2.28. The van der Waals surface area contributed by atoms with E-state index < -0.39 is 10.8 Å². The highest BCUT2D eigenvalue weighted by molar-refractivity contribution is 9.11. The fraction of sp³-hybridized carbons (Fsp3) is 0.0769. The molecular formula is C13H8Br2OS. The molecule has 2 aromatic rings. The van der Waals surface area contributed by atoms with E-state index in [1.165, 1.54) is 5.39 Å². The van der Waals surface area contributed by atoms with Gasteiger partial charge in [-0.3, -0.25) is 4.21 Å². The van der Waals surface area contributed by atoms with E-state index in [0.29, 0.717) is 0 Å². The summed E-state index contributed by atoms with van der Waals surface area (Å²) in [6.45, 7) is 0. The number of alkyl halides is 1. The maximum absolute atomic E-state index is 12.1. The lowest BCUT2D eigenvalue weighted by Gasteiger charge is -2.15. The molecule has 0 aromatic heterocycles. The molecule has 1 aliphatic heterocycles. The fourth-order valence-corrected chi connectivity index (χ4v) is 4.14. The van der Waals surface area contributed by atoms with Crippen LogP contribution in [0, 0.1) is 0 Å². The van der Waals surface area contributed by atoms with Crippen molar-refractivity contribution >= 4 is 59.5 Å². The molecule has 1 nitrogen and oxygen atoms in total. The Morgan fingerprint density at radius 3 is 2.76 bits per heavy atom. The molecule has 3 rings (SSSR count). The first-order chi connectivity index (χ1) is 8.15. The molecule has 2 unspecified atom stereocenters. The largest absolute Gasteiger partial charge is 0.253 e. The van der Waals surface area contributed by atoms with Crippen LogP contribution in [0.3, 0.4) is 0 Å². The Hall–Kier alpha value is -0.450. The Bertz CT molecular complexity index is 664. The Morgan fingerprint density at radius 2 is 1.94 bits per heavy atom. The third-order valence-electron chi connectivity index (χ3n) is 2.78. The fourth-order valence-electron chi connectivity index (χ4n) is 1.94. The zero-order valence-electron chi connectivity index (χ0n) is 8.69. The van der Waals surface area contributed by atoms with Crippen LogP contribution < -0.4 is 0 Å². The van der Waals surface area contributed by atoms with Crippen molar-refractivity contribution in [2.75, 3.05) is 0 Å². The standard InChI is InChI=1S/C13H8Br2OS/c14-11-3-1-8-5-9-2-4-13(15)17(16)12(9)7-10(8)6-11/h1-7,13H. The third-order valence-corrected chi connectivity index (χ3v) is 5.95. The summed E-state index contributed by atoms with van der Waals surface area (Å²) in [4.78, 5) is 0.903. The van der Waals surface area contributed by atoms with E-state index in [-0.39, 0.29) is 4.16 Å². The van der Waals surface area contributed by atoms with Gasteiger partial charge in [-0.05, 0) is 40.6 Å². The molecule has 0 bridgehead atoms. The van der Waals surface area contributed by atoms with Crippen LogP contribution in [0.4, 0.5) is 0 Å². The lowest BCUT2D eigenvalue weighted by molar-refractivity contribution is 0.683. The second-order valence-corrected chi connectivity index (χ2v) is 7.94. The van der Waals surface area contributed by atoms with Gasteiger partial charge in [0.15, 0.2) is 0 Å². The van der Waals surface area contributed by atoms with Crippen molar-refractivity contribution in [2.45, 2.75) is 9.05 Å². The topological polar surface area (TPSA) is 17.1 Å². The summed E-state index contributed by atoms with van der Waals surface area (Å²) in [7, 11) is -1.01. The SMILES string of the molecule is O=S1c2cc3cc(Br)ccc3cc2C=CC1Br. The van der Waals surface area contributed by atoms with E-state index in [1.807, 2.05) is 30.4 Å². The maximum atomic E-state index is 12.1. The van der Waals surface area contributed by atoms with Crippen molar-refractivity contribution in [1.29, 1.82) is 0 Å². The molecule has 1 aliphatic rings. The van der Waals surface area contributed by atoms with Crippen LogP contribution in [-0.4, -0.2) is 8.37 Å². The van der Waals surface area contributed by atoms with E-state index >= 15 is 0 Å². The molecule has 0 aliphatic carbocycles. The molecule has 0 N–H and O–H groups in total. The molecule has 0 fully saturated rings. The molecular weight excluding hydrogens is 364 g/mol. The number of rotatable bonds is 0. The lowest BCUT2D eigenvalue weighted by Crippen LogP contribution is -2.09. The molecule has 0 saturated heterocycles. The number of halogens is 2. The van der Waals surface area contributed by atoms with E-state index in [9.17, 15) is 4.21 Å². The molecule has 0 amide bonds. The maximum Gasteiger partial charge on any atom is 0.113 e. The van der Waals surface area contributed by atoms with E-state index in [1.54, 1.807) is 0 Å². The van der Waals surface area contributed by atoms with Crippen molar-refractivity contribution in [3.63, 3.8) is 0 Å². The van der Waals surface area contributed by atoms with E-state index in [0.717, 1.165) is 20.3 Å². The molecule has 0 spiro atoms. The van der Waals surface area contributed by atoms with Gasteiger partial charge in [-0.15, -0.1) is 0 Å². The average molecular weight is 372 g/mol. The van der Waals surface area contributed by atoms with Gasteiger partial charge in [0.2, 0.25) is 0 Å². The molecule has 2 atom stereocenters. The lowest BCUT2D eigenvalue weighted by atomic mass is 10.1. The molecule has 2 aromatic carbocycles. The molecule has 0 radical (unpaired) electrons. The first kappa shape index (κ1) is 11.6. The van der Waals surface area contributed by atoms with Crippen LogP contribution in [0.5, 0.6) is 0 Å². The van der Waals surface area contributed by atoms with Gasteiger partial charge in [0, 0.05) is 9.37 Å². The van der Waals surface area contributed by atoms with Gasteiger partial charge in [-0.2, -0.15) is 0 Å². The highest BCUT2D eigenvalue weighted by Crippen LogP contribution is 2.32. The first-order valence-corrected chi connectivity index (χ1v) is 8.03. The van der Waals surface area contributed by atoms with Gasteiger partial charge in [0.05, 0.1) is 10.8 Å². The summed E-state index contributed by atoms with van der Waals surface area (Å²) >= 11 is 6.86. The predicted molar refractivity (Wildman–Crippen MR) is 79.8 cm³/mol. The highest BCUT2D eigenvalue weighted by Gasteiger charge is 2.19. The molecule has 1 heterocycles. The first-order valence-electron chi connectivity index (χ1n) is 5.11. The van der Waals surface area contributed by atoms with Crippen LogP contribution in [0.15, 0.2) is 45.8 Å². The summed E-state index contributed by atoms with van der Waals surface area (Å²) in [5.74, 6) is 0. The number of benzene rings is 2. The highest BCUT2D eigenvalue weighted by atomic mass is 79.9. The third kappa shape index (κ3) is 2.02. The summed E-state index contributed by atoms with van der Waals surface area (Å²) < 4.78 is 13.1. The molecule has 0 saturated carbocycles. The Morgan fingerprint density at radius 1 is 1.12 bits per heavy atom. The van der Waals surface area contributed by atoms with Gasteiger partial charge in [-0.25, -0.2) is 0 Å². The number of hydrogen-bond acceptors (Lipinski definition) is 1. The second-order valence-electron chi connectivity index (χ2n) is 3.89. The second kappa shape index (κ2) is 4.34. The van der Waals surface area contributed by atoms with Crippen molar-refractivity contribution in [2.24, 2.45) is 0 Å². The smallest absolute Gasteiger partial charge is 0.113 e. The van der Waals surface area contributed by atoms with Crippen LogP contribution in [0.2, 0.25) is 0 Å². The Kier molecular flexibility index (Phi) is 2.97. The van der Waals surface area contributed by atoms with E-state index in [2.05, 4.69) is 44.0 Å². The van der Waals surface area contributed by atoms with Crippen molar-refractivity contribution in [3.8, 4) is 0 Å². The molecule has 17 heavy (non-hydrogen) atoms. The minimum Gasteiger partial charge on any atom is -0.253 e. The molecule has 86 valence electrons. The van der Waals surface area contributed by atoms with Gasteiger partial charge >= 0.3 is 0 Å². The summed E-state index contributed by atoms with van der Waals surface area (Å²) in [6, 6.07) is 10.2. The zero-order valence-corrected chi connectivity index (χ0v) is 12.7. The quantitative estimate of drug-likeness (QED) is 0.625. The van der Waals surface area contributed by atoms with Crippen LogP contribution in [-0.2, 0) is 10.8 Å². The minimum absolute atomic E-state index is 0.0837. The van der Waals surface area contributed by atoms with Crippen molar-refractivity contribution < 1.29 is 4.21 Å². The Balaban J connectivity index is 2.32. The Labute approximate surface area is 119 Å². The van der Waals surface area contributed by atoms with Crippen LogP contribution in [0.1, 0.15) is 5.56 Å². The van der Waals surface area contributed by atoms with Crippen molar-refractivity contribution in [1.82, 2.24) is 0 Å². The van der Waals surface area contributed by atoms with Gasteiger partial charge < -0.3 is 0 Å². The summed E-state index contributed by atoms with van der Waals surface area (Å²) in [6.07, 6.45) is 3.96. The van der Waals surface area contributed by atoms with Gasteiger partial charge in [0.1, 0.15) is 4.16 Å². The average Bonchev–Trinajstić information content (AvgIpc) is 2.32. The van der Waals surface area contributed by atoms with E-state index in [4.69, 9.17) is 0 Å². The summed E-state index contributed by atoms with van der Waals surface area (Å²) in [5.41, 5.74) is 1.05. The number of fused-ring (bicyclic) bond motifs is 2. The minimum atomic E-state index is -1.01. The molecule has 4 heteroatoms. The van der Waals surface area contributed by atoms with Gasteiger partial charge in [0.25, 0.3) is 0 Å². The van der Waals surface area contributed by atoms with Crippen molar-refractivity contribution in [3.05, 3.63) is 46.4 Å². The monoisotopic (exact) mass is 370 g/mol.